The van der Waals surface area contributed by atoms with Gasteiger partial charge in [0.2, 0.25) is 17.5 Å². The van der Waals surface area contributed by atoms with E-state index >= 15 is 0 Å². The van der Waals surface area contributed by atoms with Crippen LogP contribution in [0.3, 0.4) is 0 Å². The summed E-state index contributed by atoms with van der Waals surface area (Å²) >= 11 is 0. The lowest BCUT2D eigenvalue weighted by Crippen LogP contribution is -2.60. The minimum absolute atomic E-state index is 0.0131. The van der Waals surface area contributed by atoms with E-state index in [1.54, 1.807) is 0 Å². The summed E-state index contributed by atoms with van der Waals surface area (Å²) < 4.78 is 21.7. The van der Waals surface area contributed by atoms with Gasteiger partial charge >= 0.3 is 5.97 Å². The molecule has 10 N–H and O–H groups in total. The standard InChI is InChI=1S/C28H24O16/c29-12-2-1-9(3-13(12)30)26-24(38)22(36)19-14(31)6-11(7-17(19)43-26)42-28-25(39)23(37)21(35)18(44-28)8-41-27(40)10-4-15(32)20(34)16(33)5-10/h1-7,18,21,23,25,28-35,37-39H,8H2/t18?,21-,23+,25?,28-/m1/s1. The number of aliphatic hydroxyl groups is 3. The van der Waals surface area contributed by atoms with Gasteiger partial charge in [-0.25, -0.2) is 4.79 Å². The minimum Gasteiger partial charge on any atom is -0.507 e. The second-order valence-electron chi connectivity index (χ2n) is 9.72. The lowest BCUT2D eigenvalue weighted by molar-refractivity contribution is -0.277. The summed E-state index contributed by atoms with van der Waals surface area (Å²) in [6, 6.07) is 6.93. The minimum atomic E-state index is -1.89. The van der Waals surface area contributed by atoms with Crippen molar-refractivity contribution in [2.75, 3.05) is 6.61 Å². The van der Waals surface area contributed by atoms with Crippen LogP contribution in [0.5, 0.6) is 46.0 Å². The van der Waals surface area contributed by atoms with Crippen molar-refractivity contribution in [2.24, 2.45) is 0 Å². The molecule has 3 aromatic carbocycles. The number of aliphatic hydroxyl groups excluding tert-OH is 3. The first-order valence-corrected chi connectivity index (χ1v) is 12.6. The molecule has 5 atom stereocenters. The fraction of sp³-hybridized carbons (Fsp3) is 0.214. The largest absolute Gasteiger partial charge is 0.507 e. The van der Waals surface area contributed by atoms with Crippen molar-refractivity contribution in [3.8, 4) is 57.3 Å². The summed E-state index contributed by atoms with van der Waals surface area (Å²) in [5.41, 5.74) is -1.77. The van der Waals surface area contributed by atoms with Crippen LogP contribution in [-0.4, -0.2) is 94.3 Å². The van der Waals surface area contributed by atoms with Crippen LogP contribution in [0.15, 0.2) is 51.7 Å². The number of esters is 1. The van der Waals surface area contributed by atoms with Gasteiger partial charge in [0.05, 0.1) is 5.56 Å². The summed E-state index contributed by atoms with van der Waals surface area (Å²) in [7, 11) is 0. The zero-order valence-corrected chi connectivity index (χ0v) is 22.1. The third-order valence-corrected chi connectivity index (χ3v) is 6.77. The number of hydrogen-bond acceptors (Lipinski definition) is 16. The van der Waals surface area contributed by atoms with Gasteiger partial charge in [0.1, 0.15) is 53.5 Å². The average molecular weight is 616 g/mol. The monoisotopic (exact) mass is 616 g/mol. The Balaban J connectivity index is 1.39. The molecule has 44 heavy (non-hydrogen) atoms. The van der Waals surface area contributed by atoms with Gasteiger partial charge in [-0.1, -0.05) is 0 Å². The molecule has 1 aliphatic heterocycles. The fourth-order valence-corrected chi connectivity index (χ4v) is 4.44. The van der Waals surface area contributed by atoms with E-state index in [-0.39, 0.29) is 22.5 Å². The predicted molar refractivity (Wildman–Crippen MR) is 144 cm³/mol. The van der Waals surface area contributed by atoms with Gasteiger partial charge in [0.15, 0.2) is 34.5 Å². The summed E-state index contributed by atoms with van der Waals surface area (Å²) in [6.07, 6.45) is -8.83. The molecule has 16 heteroatoms. The molecular weight excluding hydrogens is 592 g/mol. The van der Waals surface area contributed by atoms with E-state index in [1.165, 1.54) is 6.07 Å². The van der Waals surface area contributed by atoms with E-state index in [4.69, 9.17) is 18.6 Å². The first kappa shape index (κ1) is 30.1. The maximum Gasteiger partial charge on any atom is 0.338 e. The molecule has 2 heterocycles. The number of rotatable bonds is 6. The van der Waals surface area contributed by atoms with Crippen molar-refractivity contribution in [3.05, 3.63) is 58.3 Å². The van der Waals surface area contributed by atoms with Crippen molar-refractivity contribution < 1.29 is 74.5 Å². The van der Waals surface area contributed by atoms with Crippen molar-refractivity contribution in [1.29, 1.82) is 0 Å². The van der Waals surface area contributed by atoms with Crippen LogP contribution in [0, 0.1) is 0 Å². The van der Waals surface area contributed by atoms with Crippen LogP contribution < -0.4 is 10.2 Å². The van der Waals surface area contributed by atoms with E-state index in [1.807, 2.05) is 0 Å². The molecule has 1 aromatic heterocycles. The Morgan fingerprint density at radius 1 is 0.750 bits per heavy atom. The SMILES string of the molecule is O=C(OCC1O[C@@H](Oc2cc(O)c3c(=O)c(O)c(-c4ccc(O)c(O)c4)oc3c2)C(O)[C@@H](O)[C@@H]1O)c1cc(O)c(O)c(O)c1. The van der Waals surface area contributed by atoms with E-state index in [0.717, 1.165) is 36.4 Å². The first-order valence-electron chi connectivity index (χ1n) is 12.6. The number of carbonyl (C=O) groups excluding carboxylic acids is 1. The normalized spacial score (nSPS) is 21.7. The van der Waals surface area contributed by atoms with Crippen LogP contribution in [0.2, 0.25) is 0 Å². The molecule has 1 saturated heterocycles. The van der Waals surface area contributed by atoms with Crippen LogP contribution >= 0.6 is 0 Å². The van der Waals surface area contributed by atoms with Gasteiger partial charge in [-0.3, -0.25) is 4.79 Å². The quantitative estimate of drug-likeness (QED) is 0.104. The van der Waals surface area contributed by atoms with Crippen molar-refractivity contribution in [2.45, 2.75) is 30.7 Å². The molecule has 1 fully saturated rings. The Hall–Kier alpha value is -5.42. The average Bonchev–Trinajstić information content (AvgIpc) is 2.98. The van der Waals surface area contributed by atoms with Crippen LogP contribution in [0.1, 0.15) is 10.4 Å². The molecule has 0 aliphatic carbocycles. The summed E-state index contributed by atoms with van der Waals surface area (Å²) in [4.78, 5) is 25.2. The zero-order chi connectivity index (χ0) is 32.0. The summed E-state index contributed by atoms with van der Waals surface area (Å²) in [5, 5.41) is 99.7. The van der Waals surface area contributed by atoms with E-state index in [0.29, 0.717) is 0 Å². The number of hydrogen-bond donors (Lipinski definition) is 10. The number of phenolic OH excluding ortho intramolecular Hbond substituents is 6. The Bertz CT molecular complexity index is 1790. The van der Waals surface area contributed by atoms with E-state index in [9.17, 15) is 60.7 Å². The molecular formula is C28H24O16. The van der Waals surface area contributed by atoms with Gasteiger partial charge in [-0.2, -0.15) is 0 Å². The van der Waals surface area contributed by atoms with E-state index < -0.39 is 100 Å². The lowest BCUT2D eigenvalue weighted by Gasteiger charge is -2.39. The van der Waals surface area contributed by atoms with Crippen molar-refractivity contribution in [1.82, 2.24) is 0 Å². The lowest BCUT2D eigenvalue weighted by atomic mass is 9.99. The van der Waals surface area contributed by atoms with Gasteiger partial charge in [0, 0.05) is 17.7 Å². The van der Waals surface area contributed by atoms with E-state index in [2.05, 4.69) is 0 Å². The van der Waals surface area contributed by atoms with Crippen LogP contribution in [0.4, 0.5) is 0 Å². The second kappa shape index (κ2) is 11.3. The van der Waals surface area contributed by atoms with Gasteiger partial charge in [0.25, 0.3) is 0 Å². The Morgan fingerprint density at radius 2 is 1.43 bits per heavy atom. The second-order valence-corrected chi connectivity index (χ2v) is 9.72. The molecule has 0 amide bonds. The highest BCUT2D eigenvalue weighted by Crippen LogP contribution is 2.39. The maximum absolute atomic E-state index is 12.8. The number of aromatic hydroxyl groups is 7. The molecule has 0 saturated carbocycles. The summed E-state index contributed by atoms with van der Waals surface area (Å²) in [6.45, 7) is -0.730. The number of benzene rings is 3. The third kappa shape index (κ3) is 5.40. The number of ether oxygens (including phenoxy) is 3. The molecule has 0 spiro atoms. The predicted octanol–water partition coefficient (Wildman–Crippen LogP) is 0.443. The molecule has 16 nitrogen and oxygen atoms in total. The maximum atomic E-state index is 12.8. The Morgan fingerprint density at radius 3 is 2.09 bits per heavy atom. The summed E-state index contributed by atoms with van der Waals surface area (Å²) in [5.74, 6) is -7.02. The Labute approximate surface area is 244 Å². The highest BCUT2D eigenvalue weighted by Gasteiger charge is 2.45. The number of carbonyl (C=O) groups is 1. The van der Waals surface area contributed by atoms with Crippen LogP contribution in [-0.2, 0) is 9.47 Å². The topological polar surface area (TPSA) is 277 Å². The number of phenols is 6. The molecule has 0 radical (unpaired) electrons. The molecule has 232 valence electrons. The first-order chi connectivity index (χ1) is 20.8. The molecule has 0 bridgehead atoms. The highest BCUT2D eigenvalue weighted by molar-refractivity contribution is 5.91. The van der Waals surface area contributed by atoms with Crippen molar-refractivity contribution in [3.63, 3.8) is 0 Å². The molecule has 5 rings (SSSR count). The molecule has 2 unspecified atom stereocenters. The fourth-order valence-electron chi connectivity index (χ4n) is 4.44. The Kier molecular flexibility index (Phi) is 7.75. The zero-order valence-electron chi connectivity index (χ0n) is 22.1. The molecule has 1 aliphatic rings. The smallest absolute Gasteiger partial charge is 0.338 e. The van der Waals surface area contributed by atoms with Gasteiger partial charge in [-0.15, -0.1) is 0 Å². The van der Waals surface area contributed by atoms with Crippen molar-refractivity contribution >= 4 is 16.9 Å². The van der Waals surface area contributed by atoms with Crippen LogP contribution in [0.25, 0.3) is 22.3 Å². The highest BCUT2D eigenvalue weighted by atomic mass is 16.7. The van der Waals surface area contributed by atoms with Gasteiger partial charge in [-0.05, 0) is 30.3 Å². The third-order valence-electron chi connectivity index (χ3n) is 6.77. The van der Waals surface area contributed by atoms with Gasteiger partial charge < -0.3 is 69.7 Å². The molecule has 4 aromatic rings. The number of fused-ring (bicyclic) bond motifs is 1.